The summed E-state index contributed by atoms with van der Waals surface area (Å²) in [5.41, 5.74) is 0.996. The predicted octanol–water partition coefficient (Wildman–Crippen LogP) is 9.27. The van der Waals surface area contributed by atoms with Crippen molar-refractivity contribution in [1.82, 2.24) is 14.5 Å². The van der Waals surface area contributed by atoms with Crippen LogP contribution >= 0.6 is 11.6 Å². The first-order valence-corrected chi connectivity index (χ1v) is 21.8. The van der Waals surface area contributed by atoms with Gasteiger partial charge in [0.15, 0.2) is 18.0 Å². The second-order valence-electron chi connectivity index (χ2n) is 14.4. The summed E-state index contributed by atoms with van der Waals surface area (Å²) in [6.45, 7) is 5.61. The summed E-state index contributed by atoms with van der Waals surface area (Å²) in [4.78, 5) is 58.9. The zero-order valence-electron chi connectivity index (χ0n) is 33.2. The van der Waals surface area contributed by atoms with Gasteiger partial charge in [0.05, 0.1) is 33.6 Å². The third-order valence-corrected chi connectivity index (χ3v) is 11.5. The lowest BCUT2D eigenvalue weighted by atomic mass is 10.1. The summed E-state index contributed by atoms with van der Waals surface area (Å²) in [6.07, 6.45) is 13.7. The SMILES string of the molecule is CCCCCCCCCCCCCCOc1ccccc1NS(=O)(=O)c1ccc(Cl)c(NC(=O)C(C(=O)c2nc(C)cn2-c2ccccc2)N2C(=O)OC(C)C2=O)c1. The molecule has 1 aliphatic heterocycles. The average Bonchev–Trinajstić information content (AvgIpc) is 3.72. The number of cyclic esters (lactones) is 1. The Kier molecular flexibility index (Phi) is 15.9. The Morgan fingerprint density at radius 2 is 1.48 bits per heavy atom. The quantitative estimate of drug-likeness (QED) is 0.0421. The normalized spacial score (nSPS) is 14.6. The minimum atomic E-state index is -4.28. The number of imidazole rings is 1. The van der Waals surface area contributed by atoms with Crippen LogP contribution in [0.25, 0.3) is 5.69 Å². The molecule has 0 bridgehead atoms. The molecule has 1 saturated heterocycles. The van der Waals surface area contributed by atoms with Gasteiger partial charge in [0.1, 0.15) is 5.75 Å². The number of hydrogen-bond donors (Lipinski definition) is 2. The van der Waals surface area contributed by atoms with Crippen molar-refractivity contribution in [2.75, 3.05) is 16.6 Å². The second kappa shape index (κ2) is 21.0. The first-order chi connectivity index (χ1) is 27.9. The van der Waals surface area contributed by atoms with Crippen molar-refractivity contribution < 1.29 is 37.1 Å². The van der Waals surface area contributed by atoms with E-state index in [1.165, 1.54) is 81.4 Å². The highest BCUT2D eigenvalue weighted by Crippen LogP contribution is 2.31. The Bertz CT molecular complexity index is 2160. The highest BCUT2D eigenvalue weighted by atomic mass is 35.5. The van der Waals surface area contributed by atoms with Gasteiger partial charge in [-0.1, -0.05) is 119 Å². The zero-order valence-corrected chi connectivity index (χ0v) is 34.8. The molecule has 3 amide bonds. The number of Topliss-reactive ketones (excluding diaryl/α,β-unsaturated/α-hetero) is 1. The molecule has 2 N–H and O–H groups in total. The number of rotatable bonds is 23. The van der Waals surface area contributed by atoms with Gasteiger partial charge in [-0.2, -0.15) is 0 Å². The van der Waals surface area contributed by atoms with Gasteiger partial charge in [0.2, 0.25) is 5.78 Å². The van der Waals surface area contributed by atoms with Crippen molar-refractivity contribution >= 4 is 56.7 Å². The number of nitrogens with one attached hydrogen (secondary N) is 2. The molecular formula is C43H52ClN5O8S. The van der Waals surface area contributed by atoms with Crippen molar-refractivity contribution in [2.24, 2.45) is 0 Å². The van der Waals surface area contributed by atoms with Crippen LogP contribution in [-0.2, 0) is 24.3 Å². The number of nitrogens with zero attached hydrogens (tertiary/aromatic N) is 3. The number of ketones is 1. The number of amides is 3. The van der Waals surface area contributed by atoms with Gasteiger partial charge in [-0.3, -0.25) is 23.7 Å². The fraction of sp³-hybridized carbons (Fsp3) is 0.419. The summed E-state index contributed by atoms with van der Waals surface area (Å²) in [5, 5.41) is 2.39. The van der Waals surface area contributed by atoms with E-state index in [1.807, 2.05) is 0 Å². The van der Waals surface area contributed by atoms with Crippen molar-refractivity contribution in [3.05, 3.63) is 95.5 Å². The predicted molar refractivity (Wildman–Crippen MR) is 223 cm³/mol. The number of carbonyl (C=O) groups is 4. The molecule has 2 heterocycles. The first kappa shape index (κ1) is 43.9. The van der Waals surface area contributed by atoms with E-state index < -0.39 is 45.9 Å². The lowest BCUT2D eigenvalue weighted by molar-refractivity contribution is -0.133. The number of halogens is 1. The second-order valence-corrected chi connectivity index (χ2v) is 16.5. The molecule has 1 fully saturated rings. The van der Waals surface area contributed by atoms with Crippen LogP contribution in [-0.4, -0.2) is 65.3 Å². The number of ether oxygens (including phenoxy) is 2. The third kappa shape index (κ3) is 11.5. The molecule has 4 aromatic rings. The van der Waals surface area contributed by atoms with E-state index in [4.69, 9.17) is 21.1 Å². The maximum absolute atomic E-state index is 14.2. The van der Waals surface area contributed by atoms with Crippen LogP contribution in [0.1, 0.15) is 107 Å². The van der Waals surface area contributed by atoms with Crippen LogP contribution < -0.4 is 14.8 Å². The highest BCUT2D eigenvalue weighted by molar-refractivity contribution is 7.92. The van der Waals surface area contributed by atoms with Gasteiger partial charge in [0, 0.05) is 11.9 Å². The minimum Gasteiger partial charge on any atom is -0.491 e. The Morgan fingerprint density at radius 1 is 0.862 bits per heavy atom. The van der Waals surface area contributed by atoms with Gasteiger partial charge in [-0.25, -0.2) is 23.1 Å². The van der Waals surface area contributed by atoms with Crippen LogP contribution in [0, 0.1) is 6.92 Å². The number of aryl methyl sites for hydroxylation is 1. The fourth-order valence-electron chi connectivity index (χ4n) is 6.68. The molecule has 13 nitrogen and oxygen atoms in total. The molecule has 2 atom stereocenters. The van der Waals surface area contributed by atoms with Gasteiger partial charge >= 0.3 is 6.09 Å². The van der Waals surface area contributed by atoms with Crippen LogP contribution in [0.15, 0.2) is 83.9 Å². The first-order valence-electron chi connectivity index (χ1n) is 20.0. The van der Waals surface area contributed by atoms with E-state index in [9.17, 15) is 27.6 Å². The van der Waals surface area contributed by atoms with Crippen molar-refractivity contribution in [3.8, 4) is 11.4 Å². The molecule has 5 rings (SSSR count). The van der Waals surface area contributed by atoms with Crippen LogP contribution in [0.4, 0.5) is 16.2 Å². The topological polar surface area (TPSA) is 166 Å². The summed E-state index contributed by atoms with van der Waals surface area (Å²) in [5.74, 6) is -2.92. The van der Waals surface area contributed by atoms with Crippen molar-refractivity contribution in [1.29, 1.82) is 0 Å². The van der Waals surface area contributed by atoms with Crippen molar-refractivity contribution in [2.45, 2.75) is 115 Å². The maximum atomic E-state index is 14.2. The third-order valence-electron chi connectivity index (χ3n) is 9.79. The number of sulfonamides is 1. The van der Waals surface area contributed by atoms with Crippen LogP contribution in [0.5, 0.6) is 5.75 Å². The molecule has 0 saturated carbocycles. The number of hydrogen-bond acceptors (Lipinski definition) is 9. The largest absolute Gasteiger partial charge is 0.491 e. The summed E-state index contributed by atoms with van der Waals surface area (Å²) in [6, 6.07) is 16.9. The molecule has 15 heteroatoms. The molecule has 1 aliphatic rings. The molecular weight excluding hydrogens is 782 g/mol. The lowest BCUT2D eigenvalue weighted by Crippen LogP contribution is -2.52. The Balaban J connectivity index is 1.26. The Morgan fingerprint density at radius 3 is 2.12 bits per heavy atom. The van der Waals surface area contributed by atoms with Gasteiger partial charge in [-0.05, 0) is 62.7 Å². The molecule has 310 valence electrons. The summed E-state index contributed by atoms with van der Waals surface area (Å²) in [7, 11) is -4.28. The van der Waals surface area contributed by atoms with E-state index in [0.717, 1.165) is 25.3 Å². The number of aromatic nitrogens is 2. The molecule has 3 aromatic carbocycles. The number of unbranched alkanes of at least 4 members (excludes halogenated alkanes) is 11. The molecule has 0 aliphatic carbocycles. The number of benzene rings is 3. The molecule has 58 heavy (non-hydrogen) atoms. The van der Waals surface area contributed by atoms with Crippen LogP contribution in [0.2, 0.25) is 5.02 Å². The fourth-order valence-corrected chi connectivity index (χ4v) is 7.94. The van der Waals surface area contributed by atoms with Gasteiger partial charge in [0.25, 0.3) is 21.8 Å². The molecule has 1 aromatic heterocycles. The monoisotopic (exact) mass is 833 g/mol. The Labute approximate surface area is 345 Å². The van der Waals surface area contributed by atoms with Gasteiger partial charge < -0.3 is 14.8 Å². The maximum Gasteiger partial charge on any atom is 0.418 e. The average molecular weight is 834 g/mol. The van der Waals surface area contributed by atoms with E-state index in [2.05, 4.69) is 21.9 Å². The number of anilines is 2. The standard InChI is InChI=1S/C43H52ClN5O8S/c1-4-5-6-7-8-9-10-11-12-13-14-20-27-56-37-24-19-18-23-35(37)47-58(54,55)33-25-26-34(44)36(28-33)46-41(51)38(49-42(52)31(3)57-43(49)53)39(50)40-45-30(2)29-48(40)32-21-16-15-17-22-32/h15-19,21-26,28-29,31,38,47H,4-14,20,27H2,1-3H3,(H,46,51). The molecule has 0 radical (unpaired) electrons. The number of carbonyl (C=O) groups excluding carboxylic acids is 4. The van der Waals surface area contributed by atoms with E-state index in [0.29, 0.717) is 28.6 Å². The zero-order chi connectivity index (χ0) is 41.7. The minimum absolute atomic E-state index is 0.0741. The summed E-state index contributed by atoms with van der Waals surface area (Å²) < 4.78 is 42.5. The molecule has 0 spiro atoms. The van der Waals surface area contributed by atoms with E-state index in [-0.39, 0.29) is 27.1 Å². The molecule has 2 unspecified atom stereocenters. The number of imide groups is 1. The highest BCUT2D eigenvalue weighted by Gasteiger charge is 2.49. The van der Waals surface area contributed by atoms with Gasteiger partial charge in [-0.15, -0.1) is 0 Å². The van der Waals surface area contributed by atoms with E-state index in [1.54, 1.807) is 67.7 Å². The van der Waals surface area contributed by atoms with Crippen LogP contribution in [0.3, 0.4) is 0 Å². The summed E-state index contributed by atoms with van der Waals surface area (Å²) >= 11 is 6.45. The van der Waals surface area contributed by atoms with Crippen molar-refractivity contribution in [3.63, 3.8) is 0 Å². The smallest absolute Gasteiger partial charge is 0.418 e. The Hall–Kier alpha value is -5.21. The lowest BCUT2D eigenvalue weighted by Gasteiger charge is -2.23. The number of para-hydroxylation sites is 3. The van der Waals surface area contributed by atoms with E-state index >= 15 is 0 Å².